The molecule has 0 saturated heterocycles. The number of nitro groups is 1. The van der Waals surface area contributed by atoms with E-state index in [9.17, 15) is 10.1 Å². The Balaban J connectivity index is 2.23. The number of rotatable bonds is 4. The van der Waals surface area contributed by atoms with E-state index in [2.05, 4.69) is 5.43 Å². The van der Waals surface area contributed by atoms with E-state index in [0.29, 0.717) is 5.75 Å². The van der Waals surface area contributed by atoms with Gasteiger partial charge in [-0.15, -0.1) is 0 Å². The largest absolute Gasteiger partial charge is 0.483 e. The Labute approximate surface area is 105 Å². The van der Waals surface area contributed by atoms with E-state index >= 15 is 0 Å². The Morgan fingerprint density at radius 3 is 2.67 bits per heavy atom. The first-order valence-corrected chi connectivity index (χ1v) is 6.13. The highest BCUT2D eigenvalue weighted by molar-refractivity contribution is 5.67. The van der Waals surface area contributed by atoms with Crippen molar-refractivity contribution in [2.75, 3.05) is 5.43 Å². The van der Waals surface area contributed by atoms with Gasteiger partial charge in [0.15, 0.2) is 5.75 Å². The van der Waals surface area contributed by atoms with E-state index in [1.54, 1.807) is 18.2 Å². The summed E-state index contributed by atoms with van der Waals surface area (Å²) in [4.78, 5) is 10.6. The molecule has 0 bridgehead atoms. The maximum atomic E-state index is 11.1. The van der Waals surface area contributed by atoms with Gasteiger partial charge in [0, 0.05) is 0 Å². The molecule has 18 heavy (non-hydrogen) atoms. The fourth-order valence-electron chi connectivity index (χ4n) is 2.28. The zero-order valence-electron chi connectivity index (χ0n) is 10.1. The van der Waals surface area contributed by atoms with Crippen LogP contribution >= 0.6 is 0 Å². The first kappa shape index (κ1) is 12.6. The summed E-state index contributed by atoms with van der Waals surface area (Å²) in [5, 5.41) is 11.1. The van der Waals surface area contributed by atoms with Crippen LogP contribution < -0.4 is 16.0 Å². The number of anilines is 1. The maximum Gasteiger partial charge on any atom is 0.335 e. The highest BCUT2D eigenvalue weighted by Gasteiger charge is 2.24. The molecule has 0 aliphatic heterocycles. The third-order valence-corrected chi connectivity index (χ3v) is 3.18. The number of hydrogen-bond acceptors (Lipinski definition) is 5. The molecule has 0 atom stereocenters. The second-order valence-corrected chi connectivity index (χ2v) is 4.43. The summed E-state index contributed by atoms with van der Waals surface area (Å²) in [6.07, 6.45) is 5.44. The van der Waals surface area contributed by atoms with Crippen LogP contribution in [0.15, 0.2) is 18.2 Å². The Kier molecular flexibility index (Phi) is 3.99. The minimum Gasteiger partial charge on any atom is -0.483 e. The molecule has 1 aliphatic rings. The molecule has 6 heteroatoms. The summed E-state index contributed by atoms with van der Waals surface area (Å²) in [6.45, 7) is 0. The number of nitro benzene ring substituents is 1. The van der Waals surface area contributed by atoms with Crippen LogP contribution in [0.4, 0.5) is 11.4 Å². The molecule has 0 aromatic heterocycles. The van der Waals surface area contributed by atoms with Gasteiger partial charge in [0.25, 0.3) is 0 Å². The van der Waals surface area contributed by atoms with Gasteiger partial charge in [-0.25, -0.2) is 0 Å². The predicted molar refractivity (Wildman–Crippen MR) is 68.4 cm³/mol. The number of ether oxygens (including phenoxy) is 1. The van der Waals surface area contributed by atoms with Gasteiger partial charge in [-0.3, -0.25) is 16.0 Å². The second-order valence-electron chi connectivity index (χ2n) is 4.43. The van der Waals surface area contributed by atoms with Crippen molar-refractivity contribution in [2.24, 2.45) is 5.84 Å². The molecule has 1 aromatic carbocycles. The van der Waals surface area contributed by atoms with Crippen molar-refractivity contribution in [2.45, 2.75) is 38.2 Å². The zero-order valence-corrected chi connectivity index (χ0v) is 10.1. The third kappa shape index (κ3) is 2.70. The Hall–Kier alpha value is -1.82. The lowest BCUT2D eigenvalue weighted by molar-refractivity contribution is -0.385. The van der Waals surface area contributed by atoms with Gasteiger partial charge in [0.05, 0.1) is 11.0 Å². The average molecular weight is 251 g/mol. The van der Waals surface area contributed by atoms with Crippen molar-refractivity contribution < 1.29 is 9.66 Å². The molecular weight excluding hydrogens is 234 g/mol. The van der Waals surface area contributed by atoms with Gasteiger partial charge in [-0.2, -0.15) is 0 Å². The van der Waals surface area contributed by atoms with Gasteiger partial charge >= 0.3 is 5.69 Å². The molecule has 0 spiro atoms. The SMILES string of the molecule is NNc1cccc(OC2CCCCC2)c1[N+](=O)[O-]. The molecule has 0 unspecified atom stereocenters. The number of nitrogens with zero attached hydrogens (tertiary/aromatic N) is 1. The van der Waals surface area contributed by atoms with Crippen molar-refractivity contribution in [3.8, 4) is 5.75 Å². The van der Waals surface area contributed by atoms with E-state index in [1.165, 1.54) is 6.42 Å². The summed E-state index contributed by atoms with van der Waals surface area (Å²) < 4.78 is 5.75. The van der Waals surface area contributed by atoms with Crippen LogP contribution in [0.1, 0.15) is 32.1 Å². The van der Waals surface area contributed by atoms with Crippen LogP contribution in [0.3, 0.4) is 0 Å². The summed E-state index contributed by atoms with van der Waals surface area (Å²) >= 11 is 0. The molecule has 98 valence electrons. The summed E-state index contributed by atoms with van der Waals surface area (Å²) in [7, 11) is 0. The minimum absolute atomic E-state index is 0.0745. The van der Waals surface area contributed by atoms with Crippen LogP contribution in [0.2, 0.25) is 0 Å². The Morgan fingerprint density at radius 2 is 2.06 bits per heavy atom. The zero-order chi connectivity index (χ0) is 13.0. The quantitative estimate of drug-likeness (QED) is 0.487. The van der Waals surface area contributed by atoms with Gasteiger partial charge in [0.1, 0.15) is 5.69 Å². The molecule has 1 fully saturated rings. The average Bonchev–Trinajstić information content (AvgIpc) is 2.39. The standard InChI is InChI=1S/C12H17N3O3/c13-14-10-7-4-8-11(12(10)15(16)17)18-9-5-2-1-3-6-9/h4,7-9,14H,1-3,5-6,13H2. The summed E-state index contributed by atoms with van der Waals surface area (Å²) in [5.74, 6) is 5.57. The van der Waals surface area contributed by atoms with Crippen LogP contribution in [0, 0.1) is 10.1 Å². The minimum atomic E-state index is -0.465. The summed E-state index contributed by atoms with van der Waals surface area (Å²) in [6, 6.07) is 4.87. The number of hydrazine groups is 1. The van der Waals surface area contributed by atoms with Gasteiger partial charge in [-0.05, 0) is 37.8 Å². The maximum absolute atomic E-state index is 11.1. The van der Waals surface area contributed by atoms with E-state index in [0.717, 1.165) is 25.7 Å². The van der Waals surface area contributed by atoms with E-state index in [4.69, 9.17) is 10.6 Å². The molecule has 6 nitrogen and oxygen atoms in total. The van der Waals surface area contributed by atoms with E-state index < -0.39 is 4.92 Å². The van der Waals surface area contributed by atoms with Crippen molar-refractivity contribution in [3.05, 3.63) is 28.3 Å². The van der Waals surface area contributed by atoms with Crippen molar-refractivity contribution >= 4 is 11.4 Å². The van der Waals surface area contributed by atoms with Gasteiger partial charge < -0.3 is 10.2 Å². The Bertz CT molecular complexity index is 431. The molecule has 1 saturated carbocycles. The lowest BCUT2D eigenvalue weighted by Crippen LogP contribution is -2.20. The van der Waals surface area contributed by atoms with Crippen LogP contribution in [0.25, 0.3) is 0 Å². The molecular formula is C12H17N3O3. The number of nitrogen functional groups attached to an aromatic ring is 1. The predicted octanol–water partition coefficient (Wildman–Crippen LogP) is 2.59. The number of benzene rings is 1. The van der Waals surface area contributed by atoms with Crippen LogP contribution in [-0.2, 0) is 0 Å². The fourth-order valence-corrected chi connectivity index (χ4v) is 2.28. The first-order valence-electron chi connectivity index (χ1n) is 6.13. The fraction of sp³-hybridized carbons (Fsp3) is 0.500. The molecule has 0 heterocycles. The van der Waals surface area contributed by atoms with Crippen molar-refractivity contribution in [1.29, 1.82) is 0 Å². The van der Waals surface area contributed by atoms with Crippen LogP contribution in [0.5, 0.6) is 5.75 Å². The third-order valence-electron chi connectivity index (χ3n) is 3.18. The van der Waals surface area contributed by atoms with Crippen molar-refractivity contribution in [1.82, 2.24) is 0 Å². The van der Waals surface area contributed by atoms with Crippen LogP contribution in [-0.4, -0.2) is 11.0 Å². The molecule has 3 N–H and O–H groups in total. The number of hydrogen-bond donors (Lipinski definition) is 2. The monoisotopic (exact) mass is 251 g/mol. The summed E-state index contributed by atoms with van der Waals surface area (Å²) in [5.41, 5.74) is 2.51. The lowest BCUT2D eigenvalue weighted by atomic mass is 9.98. The van der Waals surface area contributed by atoms with E-state index in [-0.39, 0.29) is 17.5 Å². The topological polar surface area (TPSA) is 90.4 Å². The second kappa shape index (κ2) is 5.68. The number of nitrogens with one attached hydrogen (secondary N) is 1. The van der Waals surface area contributed by atoms with Gasteiger partial charge in [0.2, 0.25) is 0 Å². The number of nitrogens with two attached hydrogens (primary N) is 1. The molecule has 1 aromatic rings. The normalized spacial score (nSPS) is 16.3. The van der Waals surface area contributed by atoms with Gasteiger partial charge in [-0.1, -0.05) is 12.5 Å². The Morgan fingerprint density at radius 1 is 1.33 bits per heavy atom. The van der Waals surface area contributed by atoms with Crippen molar-refractivity contribution in [3.63, 3.8) is 0 Å². The number of para-hydroxylation sites is 1. The lowest BCUT2D eigenvalue weighted by Gasteiger charge is -2.23. The molecule has 0 radical (unpaired) electrons. The molecule has 1 aliphatic carbocycles. The highest BCUT2D eigenvalue weighted by atomic mass is 16.6. The first-order chi connectivity index (χ1) is 8.72. The smallest absolute Gasteiger partial charge is 0.335 e. The molecule has 2 rings (SSSR count). The molecule has 0 amide bonds. The highest BCUT2D eigenvalue weighted by Crippen LogP contribution is 2.36. The van der Waals surface area contributed by atoms with E-state index in [1.807, 2.05) is 0 Å².